The second kappa shape index (κ2) is 4.38. The van der Waals surface area contributed by atoms with Crippen molar-refractivity contribution < 1.29 is 18.3 Å². The summed E-state index contributed by atoms with van der Waals surface area (Å²) in [6.45, 7) is 2.13. The van der Waals surface area contributed by atoms with Gasteiger partial charge in [-0.3, -0.25) is 0 Å². The van der Waals surface area contributed by atoms with Crippen LogP contribution >= 0.6 is 15.9 Å². The summed E-state index contributed by atoms with van der Waals surface area (Å²) in [7, 11) is 0. The Balaban J connectivity index is 2.40. The van der Waals surface area contributed by atoms with E-state index in [9.17, 15) is 18.3 Å². The molecule has 0 aliphatic carbocycles. The zero-order valence-corrected chi connectivity index (χ0v) is 11.2. The molecule has 0 bridgehead atoms. The summed E-state index contributed by atoms with van der Waals surface area (Å²) in [6, 6.07) is 1.01. The Labute approximate surface area is 111 Å². The summed E-state index contributed by atoms with van der Waals surface area (Å²) < 4.78 is 39.1. The molecule has 2 rings (SSSR count). The summed E-state index contributed by atoms with van der Waals surface area (Å²) in [5.41, 5.74) is -1.74. The minimum atomic E-state index is -4.46. The number of rotatable bonds is 1. The number of pyridine rings is 1. The predicted molar refractivity (Wildman–Crippen MR) is 64.4 cm³/mol. The normalized spacial score (nSPS) is 24.7. The lowest BCUT2D eigenvalue weighted by Crippen LogP contribution is -2.31. The molecule has 1 fully saturated rings. The average Bonchev–Trinajstić information content (AvgIpc) is 2.57. The summed E-state index contributed by atoms with van der Waals surface area (Å²) in [5, 5.41) is 9.81. The highest BCUT2D eigenvalue weighted by Crippen LogP contribution is 2.38. The number of β-amino-alcohol motifs (C(OH)–C–C–N with tert-alkyl or cyclic N) is 1. The average molecular weight is 325 g/mol. The first kappa shape index (κ1) is 13.6. The van der Waals surface area contributed by atoms with Gasteiger partial charge < -0.3 is 10.0 Å². The zero-order valence-electron chi connectivity index (χ0n) is 9.63. The smallest absolute Gasteiger partial charge is 0.388 e. The van der Waals surface area contributed by atoms with Crippen molar-refractivity contribution in [2.75, 3.05) is 18.0 Å². The Kier molecular flexibility index (Phi) is 3.31. The zero-order chi connectivity index (χ0) is 13.6. The van der Waals surface area contributed by atoms with E-state index < -0.39 is 17.3 Å². The molecule has 1 aliphatic heterocycles. The molecule has 0 aromatic carbocycles. The van der Waals surface area contributed by atoms with E-state index in [-0.39, 0.29) is 16.8 Å². The minimum Gasteiger partial charge on any atom is -0.388 e. The first-order chi connectivity index (χ1) is 8.19. The van der Waals surface area contributed by atoms with Gasteiger partial charge in [-0.25, -0.2) is 4.98 Å². The number of hydrogen-bond donors (Lipinski definition) is 1. The van der Waals surface area contributed by atoms with Gasteiger partial charge in [-0.15, -0.1) is 0 Å². The third-order valence-corrected chi connectivity index (χ3v) is 3.32. The SMILES string of the molecule is CC1(O)CCN(c2ncc(Br)cc2C(F)(F)F)C1. The summed E-state index contributed by atoms with van der Waals surface area (Å²) >= 11 is 2.99. The molecule has 7 heteroatoms. The van der Waals surface area contributed by atoms with E-state index in [0.717, 1.165) is 6.07 Å². The van der Waals surface area contributed by atoms with Crippen LogP contribution in [-0.4, -0.2) is 28.8 Å². The fourth-order valence-corrected chi connectivity index (χ4v) is 2.35. The standard InChI is InChI=1S/C11H12BrF3N2O/c1-10(18)2-3-17(6-10)9-8(11(13,14)15)4-7(12)5-16-9/h4-5,18H,2-3,6H2,1H3. The van der Waals surface area contributed by atoms with E-state index >= 15 is 0 Å². The highest BCUT2D eigenvalue weighted by atomic mass is 79.9. The molecule has 0 amide bonds. The molecule has 0 saturated carbocycles. The van der Waals surface area contributed by atoms with Gasteiger partial charge in [0.1, 0.15) is 5.82 Å². The largest absolute Gasteiger partial charge is 0.419 e. The Bertz CT molecular complexity index is 462. The van der Waals surface area contributed by atoms with E-state index in [4.69, 9.17) is 0 Å². The Hall–Kier alpha value is -0.820. The molecule has 2 heterocycles. The van der Waals surface area contributed by atoms with Crippen LogP contribution in [0.5, 0.6) is 0 Å². The molecule has 1 aliphatic rings. The third-order valence-electron chi connectivity index (χ3n) is 2.89. The quantitative estimate of drug-likeness (QED) is 0.863. The van der Waals surface area contributed by atoms with Crippen LogP contribution in [0.2, 0.25) is 0 Å². The van der Waals surface area contributed by atoms with Gasteiger partial charge >= 0.3 is 6.18 Å². The first-order valence-corrected chi connectivity index (χ1v) is 6.18. The molecular weight excluding hydrogens is 313 g/mol. The molecule has 0 radical (unpaired) electrons. The molecule has 0 spiro atoms. The number of alkyl halides is 3. The van der Waals surface area contributed by atoms with Gasteiger partial charge in [-0.1, -0.05) is 0 Å². The van der Waals surface area contributed by atoms with Crippen LogP contribution in [0.3, 0.4) is 0 Å². The molecule has 1 saturated heterocycles. The maximum absolute atomic E-state index is 12.9. The van der Waals surface area contributed by atoms with E-state index in [1.165, 1.54) is 11.1 Å². The number of hydrogen-bond acceptors (Lipinski definition) is 3. The molecular formula is C11H12BrF3N2O. The van der Waals surface area contributed by atoms with Gasteiger partial charge in [0.05, 0.1) is 11.2 Å². The second-order valence-electron chi connectivity index (χ2n) is 4.69. The molecule has 1 N–H and O–H groups in total. The van der Waals surface area contributed by atoms with Gasteiger partial charge in [0, 0.05) is 23.8 Å². The molecule has 1 unspecified atom stereocenters. The van der Waals surface area contributed by atoms with Gasteiger partial charge in [0.15, 0.2) is 0 Å². The summed E-state index contributed by atoms with van der Waals surface area (Å²) in [5.74, 6) is -0.122. The van der Waals surface area contributed by atoms with Crippen molar-refractivity contribution in [1.29, 1.82) is 0 Å². The second-order valence-corrected chi connectivity index (χ2v) is 5.61. The maximum atomic E-state index is 12.9. The van der Waals surface area contributed by atoms with E-state index in [1.54, 1.807) is 6.92 Å². The number of aliphatic hydroxyl groups is 1. The lowest BCUT2D eigenvalue weighted by Gasteiger charge is -2.23. The van der Waals surface area contributed by atoms with Crippen LogP contribution in [0, 0.1) is 0 Å². The monoisotopic (exact) mass is 324 g/mol. The van der Waals surface area contributed by atoms with Gasteiger partial charge in [0.25, 0.3) is 0 Å². The molecule has 1 aromatic heterocycles. The minimum absolute atomic E-state index is 0.122. The van der Waals surface area contributed by atoms with Crippen LogP contribution in [0.15, 0.2) is 16.7 Å². The highest BCUT2D eigenvalue weighted by molar-refractivity contribution is 9.10. The topological polar surface area (TPSA) is 36.4 Å². The number of halogens is 4. The van der Waals surface area contributed by atoms with E-state index in [1.807, 2.05) is 0 Å². The van der Waals surface area contributed by atoms with Crippen molar-refractivity contribution in [1.82, 2.24) is 4.98 Å². The van der Waals surface area contributed by atoms with Crippen molar-refractivity contribution >= 4 is 21.7 Å². The summed E-state index contributed by atoms with van der Waals surface area (Å²) in [6.07, 6.45) is -2.69. The Morgan fingerprint density at radius 2 is 2.17 bits per heavy atom. The van der Waals surface area contributed by atoms with Gasteiger partial charge in [-0.2, -0.15) is 13.2 Å². The lowest BCUT2D eigenvalue weighted by molar-refractivity contribution is -0.137. The number of nitrogens with zero attached hydrogens (tertiary/aromatic N) is 2. The Morgan fingerprint density at radius 3 is 2.67 bits per heavy atom. The molecule has 3 nitrogen and oxygen atoms in total. The van der Waals surface area contributed by atoms with Crippen molar-refractivity contribution in [2.45, 2.75) is 25.1 Å². The fraction of sp³-hybridized carbons (Fsp3) is 0.545. The van der Waals surface area contributed by atoms with Gasteiger partial charge in [0.2, 0.25) is 0 Å². The van der Waals surface area contributed by atoms with Crippen LogP contribution < -0.4 is 4.90 Å². The lowest BCUT2D eigenvalue weighted by atomic mass is 10.1. The maximum Gasteiger partial charge on any atom is 0.419 e. The van der Waals surface area contributed by atoms with Crippen LogP contribution in [-0.2, 0) is 6.18 Å². The first-order valence-electron chi connectivity index (χ1n) is 5.39. The van der Waals surface area contributed by atoms with Crippen molar-refractivity contribution in [3.05, 3.63) is 22.3 Å². The van der Waals surface area contributed by atoms with Gasteiger partial charge in [-0.05, 0) is 35.3 Å². The van der Waals surface area contributed by atoms with Crippen LogP contribution in [0.1, 0.15) is 18.9 Å². The molecule has 18 heavy (non-hydrogen) atoms. The third kappa shape index (κ3) is 2.77. The fourth-order valence-electron chi connectivity index (χ4n) is 2.02. The van der Waals surface area contributed by atoms with Crippen molar-refractivity contribution in [2.24, 2.45) is 0 Å². The van der Waals surface area contributed by atoms with Crippen molar-refractivity contribution in [3.8, 4) is 0 Å². The molecule has 100 valence electrons. The summed E-state index contributed by atoms with van der Waals surface area (Å²) in [4.78, 5) is 5.31. The molecule has 1 aromatic rings. The Morgan fingerprint density at radius 1 is 1.50 bits per heavy atom. The molecule has 1 atom stereocenters. The number of anilines is 1. The van der Waals surface area contributed by atoms with E-state index in [2.05, 4.69) is 20.9 Å². The van der Waals surface area contributed by atoms with Crippen molar-refractivity contribution in [3.63, 3.8) is 0 Å². The van der Waals surface area contributed by atoms with E-state index in [0.29, 0.717) is 13.0 Å². The number of aromatic nitrogens is 1. The van der Waals surface area contributed by atoms with Crippen LogP contribution in [0.4, 0.5) is 19.0 Å². The highest BCUT2D eigenvalue weighted by Gasteiger charge is 2.39. The van der Waals surface area contributed by atoms with Crippen LogP contribution in [0.25, 0.3) is 0 Å². The predicted octanol–water partition coefficient (Wildman–Crippen LogP) is 2.82.